The molecule has 0 saturated heterocycles. The standard InChI is InChI=1S/C9H18N2O3/c1-7(5-6-12)8(9(13)10-2)11(3)14-4/h5,8,12H,6H2,1-4H3,(H,10,13)/b7-5-. The molecular formula is C9H18N2O3. The highest BCUT2D eigenvalue weighted by Crippen LogP contribution is 2.08. The lowest BCUT2D eigenvalue weighted by molar-refractivity contribution is -0.154. The zero-order chi connectivity index (χ0) is 11.1. The van der Waals surface area contributed by atoms with Crippen molar-refractivity contribution in [3.05, 3.63) is 11.6 Å². The van der Waals surface area contributed by atoms with E-state index in [-0.39, 0.29) is 12.5 Å². The Hall–Kier alpha value is -0.910. The summed E-state index contributed by atoms with van der Waals surface area (Å²) in [6.45, 7) is 1.68. The van der Waals surface area contributed by atoms with Gasteiger partial charge < -0.3 is 15.3 Å². The Labute approximate surface area is 84.3 Å². The molecule has 0 fully saturated rings. The van der Waals surface area contributed by atoms with E-state index in [0.29, 0.717) is 0 Å². The number of carbonyl (C=O) groups excluding carboxylic acids is 1. The second-order valence-electron chi connectivity index (χ2n) is 2.88. The van der Waals surface area contributed by atoms with E-state index in [4.69, 9.17) is 9.94 Å². The molecular weight excluding hydrogens is 184 g/mol. The van der Waals surface area contributed by atoms with Gasteiger partial charge in [-0.1, -0.05) is 6.08 Å². The predicted molar refractivity (Wildman–Crippen MR) is 53.5 cm³/mol. The minimum Gasteiger partial charge on any atom is -0.392 e. The Morgan fingerprint density at radius 2 is 2.29 bits per heavy atom. The smallest absolute Gasteiger partial charge is 0.243 e. The summed E-state index contributed by atoms with van der Waals surface area (Å²) in [7, 11) is 4.71. The number of nitrogens with one attached hydrogen (secondary N) is 1. The van der Waals surface area contributed by atoms with Crippen molar-refractivity contribution in [2.45, 2.75) is 13.0 Å². The van der Waals surface area contributed by atoms with E-state index in [1.54, 1.807) is 27.1 Å². The molecule has 0 spiro atoms. The van der Waals surface area contributed by atoms with Gasteiger partial charge in [0.2, 0.25) is 5.91 Å². The second kappa shape index (κ2) is 6.53. The number of rotatable bonds is 5. The fraction of sp³-hybridized carbons (Fsp3) is 0.667. The number of hydroxylamine groups is 2. The summed E-state index contributed by atoms with van der Waals surface area (Å²) >= 11 is 0. The van der Waals surface area contributed by atoms with Crippen molar-refractivity contribution >= 4 is 5.91 Å². The molecule has 5 heteroatoms. The molecule has 0 radical (unpaired) electrons. The molecule has 0 aliphatic heterocycles. The summed E-state index contributed by atoms with van der Waals surface area (Å²) < 4.78 is 0. The Morgan fingerprint density at radius 1 is 1.71 bits per heavy atom. The van der Waals surface area contributed by atoms with Crippen molar-refractivity contribution in [2.24, 2.45) is 0 Å². The van der Waals surface area contributed by atoms with Crippen molar-refractivity contribution in [3.8, 4) is 0 Å². The van der Waals surface area contributed by atoms with E-state index < -0.39 is 6.04 Å². The molecule has 0 aromatic heterocycles. The summed E-state index contributed by atoms with van der Waals surface area (Å²) in [5.74, 6) is -0.170. The third kappa shape index (κ3) is 3.45. The van der Waals surface area contributed by atoms with Crippen LogP contribution in [0.15, 0.2) is 11.6 Å². The lowest BCUT2D eigenvalue weighted by Crippen LogP contribution is -2.44. The van der Waals surface area contributed by atoms with Gasteiger partial charge in [-0.3, -0.25) is 4.79 Å². The van der Waals surface area contributed by atoms with E-state index in [0.717, 1.165) is 5.57 Å². The molecule has 0 aliphatic carbocycles. The number of aliphatic hydroxyl groups is 1. The quantitative estimate of drug-likeness (QED) is 0.467. The molecule has 0 saturated carbocycles. The number of hydrogen-bond acceptors (Lipinski definition) is 4. The Morgan fingerprint density at radius 3 is 2.64 bits per heavy atom. The average Bonchev–Trinajstić information content (AvgIpc) is 2.17. The molecule has 14 heavy (non-hydrogen) atoms. The SMILES string of the molecule is CNC(=O)C(/C(C)=C\CO)N(C)OC. The second-order valence-corrected chi connectivity index (χ2v) is 2.88. The van der Waals surface area contributed by atoms with E-state index in [1.807, 2.05) is 0 Å². The number of aliphatic hydroxyl groups excluding tert-OH is 1. The van der Waals surface area contributed by atoms with Gasteiger partial charge in [-0.2, -0.15) is 5.06 Å². The normalized spacial score (nSPS) is 14.3. The maximum absolute atomic E-state index is 11.5. The van der Waals surface area contributed by atoms with Crippen LogP contribution in [0.5, 0.6) is 0 Å². The summed E-state index contributed by atoms with van der Waals surface area (Å²) in [4.78, 5) is 16.4. The highest BCUT2D eigenvalue weighted by atomic mass is 16.7. The van der Waals surface area contributed by atoms with Gasteiger partial charge in [0, 0.05) is 14.1 Å². The van der Waals surface area contributed by atoms with Gasteiger partial charge >= 0.3 is 0 Å². The third-order valence-electron chi connectivity index (χ3n) is 1.99. The van der Waals surface area contributed by atoms with Gasteiger partial charge in [-0.25, -0.2) is 0 Å². The molecule has 0 aromatic carbocycles. The number of carbonyl (C=O) groups is 1. The van der Waals surface area contributed by atoms with E-state index in [9.17, 15) is 4.79 Å². The molecule has 1 atom stereocenters. The minimum atomic E-state index is -0.503. The van der Waals surface area contributed by atoms with Crippen LogP contribution in [0.2, 0.25) is 0 Å². The predicted octanol–water partition coefficient (Wildman–Crippen LogP) is -0.467. The van der Waals surface area contributed by atoms with Gasteiger partial charge in [-0.05, 0) is 12.5 Å². The lowest BCUT2D eigenvalue weighted by atomic mass is 10.1. The van der Waals surface area contributed by atoms with Gasteiger partial charge in [0.1, 0.15) is 6.04 Å². The molecule has 0 rings (SSSR count). The maximum Gasteiger partial charge on any atom is 0.243 e. The van der Waals surface area contributed by atoms with Gasteiger partial charge in [0.25, 0.3) is 0 Å². The van der Waals surface area contributed by atoms with Crippen LogP contribution in [0.3, 0.4) is 0 Å². The molecule has 82 valence electrons. The third-order valence-corrected chi connectivity index (χ3v) is 1.99. The van der Waals surface area contributed by atoms with E-state index >= 15 is 0 Å². The average molecular weight is 202 g/mol. The summed E-state index contributed by atoms with van der Waals surface area (Å²) in [6.07, 6.45) is 1.58. The van der Waals surface area contributed by atoms with Crippen molar-refractivity contribution < 1.29 is 14.7 Å². The number of likely N-dealkylation sites (N-methyl/N-ethyl adjacent to an activating group) is 2. The Bertz CT molecular complexity index is 216. The zero-order valence-corrected chi connectivity index (χ0v) is 9.07. The van der Waals surface area contributed by atoms with Crippen LogP contribution in [-0.2, 0) is 9.63 Å². The first kappa shape index (κ1) is 13.1. The fourth-order valence-electron chi connectivity index (χ4n) is 1.16. The first-order valence-corrected chi connectivity index (χ1v) is 4.34. The van der Waals surface area contributed by atoms with E-state index in [1.165, 1.54) is 12.2 Å². The van der Waals surface area contributed by atoms with Crippen molar-refractivity contribution in [2.75, 3.05) is 27.8 Å². The van der Waals surface area contributed by atoms with Crippen LogP contribution >= 0.6 is 0 Å². The summed E-state index contributed by atoms with van der Waals surface area (Å²) in [5.41, 5.74) is 0.746. The largest absolute Gasteiger partial charge is 0.392 e. The molecule has 0 aromatic rings. The highest BCUT2D eigenvalue weighted by Gasteiger charge is 2.23. The van der Waals surface area contributed by atoms with Crippen LogP contribution in [0.4, 0.5) is 0 Å². The number of hydrogen-bond donors (Lipinski definition) is 2. The minimum absolute atomic E-state index is 0.0864. The Kier molecular flexibility index (Phi) is 6.11. The Balaban J connectivity index is 4.71. The van der Waals surface area contributed by atoms with Crippen LogP contribution in [-0.4, -0.2) is 49.9 Å². The molecule has 5 nitrogen and oxygen atoms in total. The van der Waals surface area contributed by atoms with E-state index in [2.05, 4.69) is 5.32 Å². The maximum atomic E-state index is 11.5. The fourth-order valence-corrected chi connectivity index (χ4v) is 1.16. The van der Waals surface area contributed by atoms with Crippen LogP contribution in [0.25, 0.3) is 0 Å². The summed E-state index contributed by atoms with van der Waals surface area (Å²) in [5, 5.41) is 12.7. The molecule has 1 amide bonds. The monoisotopic (exact) mass is 202 g/mol. The van der Waals surface area contributed by atoms with Crippen LogP contribution in [0, 0.1) is 0 Å². The number of nitrogens with zero attached hydrogens (tertiary/aromatic N) is 1. The van der Waals surface area contributed by atoms with Crippen molar-refractivity contribution in [1.29, 1.82) is 0 Å². The lowest BCUT2D eigenvalue weighted by Gasteiger charge is -2.24. The first-order valence-electron chi connectivity index (χ1n) is 4.34. The molecule has 1 unspecified atom stereocenters. The van der Waals surface area contributed by atoms with Gasteiger partial charge in [0.05, 0.1) is 13.7 Å². The molecule has 0 bridgehead atoms. The van der Waals surface area contributed by atoms with Crippen LogP contribution < -0.4 is 5.32 Å². The summed E-state index contributed by atoms with van der Waals surface area (Å²) in [6, 6.07) is -0.503. The van der Waals surface area contributed by atoms with Gasteiger partial charge in [0.15, 0.2) is 0 Å². The van der Waals surface area contributed by atoms with Crippen LogP contribution in [0.1, 0.15) is 6.92 Å². The van der Waals surface area contributed by atoms with Gasteiger partial charge in [-0.15, -0.1) is 0 Å². The first-order chi connectivity index (χ1) is 6.58. The highest BCUT2D eigenvalue weighted by molar-refractivity contribution is 5.84. The topological polar surface area (TPSA) is 61.8 Å². The zero-order valence-electron chi connectivity index (χ0n) is 9.07. The number of amides is 1. The van der Waals surface area contributed by atoms with Crippen molar-refractivity contribution in [3.63, 3.8) is 0 Å². The van der Waals surface area contributed by atoms with Crippen molar-refractivity contribution in [1.82, 2.24) is 10.4 Å². The molecule has 2 N–H and O–H groups in total. The molecule has 0 aliphatic rings. The molecule has 0 heterocycles.